The van der Waals surface area contributed by atoms with E-state index in [4.69, 9.17) is 5.11 Å². The van der Waals surface area contributed by atoms with Gasteiger partial charge in [0.15, 0.2) is 0 Å². The van der Waals surface area contributed by atoms with Gasteiger partial charge in [-0.2, -0.15) is 0 Å². The van der Waals surface area contributed by atoms with Crippen molar-refractivity contribution in [1.29, 1.82) is 0 Å². The summed E-state index contributed by atoms with van der Waals surface area (Å²) in [5, 5.41) is 12.9. The highest BCUT2D eigenvalue weighted by Crippen LogP contribution is 2.29. The minimum atomic E-state index is 0.246. The molecule has 2 nitrogen and oxygen atoms in total. The number of rotatable bonds is 7. The van der Waals surface area contributed by atoms with E-state index in [-0.39, 0.29) is 12.6 Å². The first-order chi connectivity index (χ1) is 10.1. The highest BCUT2D eigenvalue weighted by molar-refractivity contribution is 7.12. The summed E-state index contributed by atoms with van der Waals surface area (Å²) in [6.45, 7) is 6.82. The van der Waals surface area contributed by atoms with E-state index in [0.717, 1.165) is 12.8 Å². The molecule has 0 unspecified atom stereocenters. The van der Waals surface area contributed by atoms with Gasteiger partial charge in [-0.15, -0.1) is 11.3 Å². The van der Waals surface area contributed by atoms with Gasteiger partial charge in [-0.05, 0) is 50.8 Å². The molecule has 0 aliphatic heterocycles. The molecule has 0 aliphatic rings. The van der Waals surface area contributed by atoms with Gasteiger partial charge >= 0.3 is 0 Å². The second-order valence-corrected chi connectivity index (χ2v) is 7.05. The van der Waals surface area contributed by atoms with Gasteiger partial charge in [0, 0.05) is 28.4 Å². The molecule has 0 spiro atoms. The van der Waals surface area contributed by atoms with Crippen molar-refractivity contribution in [3.05, 3.63) is 57.3 Å². The predicted molar refractivity (Wildman–Crippen MR) is 90.8 cm³/mol. The van der Waals surface area contributed by atoms with Crippen LogP contribution in [0.15, 0.2) is 36.4 Å². The van der Waals surface area contributed by atoms with E-state index < -0.39 is 0 Å². The Hall–Kier alpha value is -1.16. The lowest BCUT2D eigenvalue weighted by Crippen LogP contribution is -2.25. The maximum absolute atomic E-state index is 9.13. The van der Waals surface area contributed by atoms with E-state index in [9.17, 15) is 0 Å². The van der Waals surface area contributed by atoms with Crippen molar-refractivity contribution < 1.29 is 5.11 Å². The molecule has 2 atom stereocenters. The summed E-state index contributed by atoms with van der Waals surface area (Å²) in [6, 6.07) is 13.4. The molecule has 2 N–H and O–H groups in total. The summed E-state index contributed by atoms with van der Waals surface area (Å²) >= 11 is 1.86. The Morgan fingerprint density at radius 2 is 1.90 bits per heavy atom. The maximum atomic E-state index is 9.13. The molecular weight excluding hydrogens is 278 g/mol. The fourth-order valence-electron chi connectivity index (χ4n) is 2.80. The minimum Gasteiger partial charge on any atom is -0.396 e. The van der Waals surface area contributed by atoms with Crippen molar-refractivity contribution in [1.82, 2.24) is 5.32 Å². The van der Waals surface area contributed by atoms with Gasteiger partial charge in [-0.3, -0.25) is 0 Å². The van der Waals surface area contributed by atoms with Gasteiger partial charge in [0.05, 0.1) is 0 Å². The Labute approximate surface area is 131 Å². The maximum Gasteiger partial charge on any atom is 0.0431 e. The topological polar surface area (TPSA) is 32.3 Å². The molecule has 114 valence electrons. The fourth-order valence-corrected chi connectivity index (χ4v) is 3.82. The number of hydrogen-bond acceptors (Lipinski definition) is 3. The first-order valence-electron chi connectivity index (χ1n) is 7.60. The molecule has 3 heteroatoms. The first-order valence-corrected chi connectivity index (χ1v) is 8.42. The molecule has 1 aromatic heterocycles. The van der Waals surface area contributed by atoms with Crippen LogP contribution in [0.5, 0.6) is 0 Å². The Kier molecular flexibility index (Phi) is 5.97. The van der Waals surface area contributed by atoms with Gasteiger partial charge in [0.25, 0.3) is 0 Å². The van der Waals surface area contributed by atoms with Crippen LogP contribution in [-0.4, -0.2) is 11.7 Å². The van der Waals surface area contributed by atoms with Gasteiger partial charge in [-0.1, -0.05) is 30.3 Å². The van der Waals surface area contributed by atoms with Crippen molar-refractivity contribution in [2.24, 2.45) is 0 Å². The largest absolute Gasteiger partial charge is 0.396 e. The molecular formula is C18H25NOS. The van der Waals surface area contributed by atoms with Crippen LogP contribution in [0.2, 0.25) is 0 Å². The van der Waals surface area contributed by atoms with Crippen LogP contribution in [0.1, 0.15) is 52.7 Å². The SMILES string of the molecule is Cc1cc([C@H](C)N[C@H](CCCO)c2ccccc2)c(C)s1. The van der Waals surface area contributed by atoms with Crippen LogP contribution < -0.4 is 5.32 Å². The van der Waals surface area contributed by atoms with Crippen LogP contribution in [-0.2, 0) is 0 Å². The average Bonchev–Trinajstić information content (AvgIpc) is 2.83. The smallest absolute Gasteiger partial charge is 0.0431 e. The van der Waals surface area contributed by atoms with Crippen LogP contribution in [0.3, 0.4) is 0 Å². The molecule has 1 aromatic carbocycles. The molecule has 0 aliphatic carbocycles. The molecule has 1 heterocycles. The minimum absolute atomic E-state index is 0.246. The van der Waals surface area contributed by atoms with Crippen LogP contribution in [0.25, 0.3) is 0 Å². The van der Waals surface area contributed by atoms with Crippen LogP contribution in [0, 0.1) is 13.8 Å². The number of nitrogens with one attached hydrogen (secondary N) is 1. The van der Waals surface area contributed by atoms with Crippen molar-refractivity contribution in [2.45, 2.75) is 45.7 Å². The molecule has 0 fully saturated rings. The third kappa shape index (κ3) is 4.40. The van der Waals surface area contributed by atoms with Crippen LogP contribution >= 0.6 is 11.3 Å². The Morgan fingerprint density at radius 3 is 2.48 bits per heavy atom. The molecule has 21 heavy (non-hydrogen) atoms. The third-order valence-electron chi connectivity index (χ3n) is 3.85. The second kappa shape index (κ2) is 7.74. The Morgan fingerprint density at radius 1 is 1.19 bits per heavy atom. The zero-order valence-electron chi connectivity index (χ0n) is 13.1. The summed E-state index contributed by atoms with van der Waals surface area (Å²) < 4.78 is 0. The summed E-state index contributed by atoms with van der Waals surface area (Å²) in [5.74, 6) is 0. The van der Waals surface area contributed by atoms with Crippen molar-refractivity contribution in [2.75, 3.05) is 6.61 Å². The number of hydrogen-bond donors (Lipinski definition) is 2. The fraction of sp³-hybridized carbons (Fsp3) is 0.444. The van der Waals surface area contributed by atoms with E-state index in [1.54, 1.807) is 0 Å². The number of aliphatic hydroxyl groups excluding tert-OH is 1. The molecule has 0 bridgehead atoms. The van der Waals surface area contributed by atoms with Crippen molar-refractivity contribution in [3.63, 3.8) is 0 Å². The van der Waals surface area contributed by atoms with E-state index in [1.165, 1.54) is 20.9 Å². The number of thiophene rings is 1. The highest BCUT2D eigenvalue weighted by Gasteiger charge is 2.17. The molecule has 0 radical (unpaired) electrons. The lowest BCUT2D eigenvalue weighted by atomic mass is 9.99. The van der Waals surface area contributed by atoms with Gasteiger partial charge in [0.2, 0.25) is 0 Å². The highest BCUT2D eigenvalue weighted by atomic mass is 32.1. The average molecular weight is 303 g/mol. The number of aliphatic hydroxyl groups is 1. The number of benzene rings is 1. The molecule has 0 saturated heterocycles. The van der Waals surface area contributed by atoms with E-state index in [1.807, 2.05) is 17.4 Å². The Bertz CT molecular complexity index is 550. The second-order valence-electron chi connectivity index (χ2n) is 5.59. The van der Waals surface area contributed by atoms with Gasteiger partial charge in [-0.25, -0.2) is 0 Å². The summed E-state index contributed by atoms with van der Waals surface area (Å²) in [6.07, 6.45) is 1.77. The van der Waals surface area contributed by atoms with Crippen molar-refractivity contribution >= 4 is 11.3 Å². The third-order valence-corrected chi connectivity index (χ3v) is 4.83. The normalized spacial score (nSPS) is 14.1. The van der Waals surface area contributed by atoms with E-state index in [2.05, 4.69) is 56.4 Å². The summed E-state index contributed by atoms with van der Waals surface area (Å²) in [5.41, 5.74) is 2.69. The molecule has 2 aromatic rings. The lowest BCUT2D eigenvalue weighted by Gasteiger charge is -2.24. The monoisotopic (exact) mass is 303 g/mol. The Balaban J connectivity index is 2.13. The van der Waals surface area contributed by atoms with Crippen molar-refractivity contribution in [3.8, 4) is 0 Å². The lowest BCUT2D eigenvalue weighted by molar-refractivity contribution is 0.272. The van der Waals surface area contributed by atoms with E-state index >= 15 is 0 Å². The zero-order chi connectivity index (χ0) is 15.2. The molecule has 0 amide bonds. The first kappa shape index (κ1) is 16.2. The zero-order valence-corrected chi connectivity index (χ0v) is 13.9. The molecule has 0 saturated carbocycles. The van der Waals surface area contributed by atoms with Crippen LogP contribution in [0.4, 0.5) is 0 Å². The van der Waals surface area contributed by atoms with E-state index in [0.29, 0.717) is 6.04 Å². The summed E-state index contributed by atoms with van der Waals surface area (Å²) in [7, 11) is 0. The number of aryl methyl sites for hydroxylation is 2. The quantitative estimate of drug-likeness (QED) is 0.787. The standard InChI is InChI=1S/C18H25NOS/c1-13-12-17(15(3)21-13)14(2)19-18(10-7-11-20)16-8-5-4-6-9-16/h4-6,8-9,12,14,18-20H,7,10-11H2,1-3H3/t14-,18+/m0/s1. The summed E-state index contributed by atoms with van der Waals surface area (Å²) in [4.78, 5) is 2.75. The van der Waals surface area contributed by atoms with Gasteiger partial charge < -0.3 is 10.4 Å². The van der Waals surface area contributed by atoms with Gasteiger partial charge in [0.1, 0.15) is 0 Å². The molecule has 2 rings (SSSR count). The predicted octanol–water partition coefficient (Wildman–Crippen LogP) is 4.53.